The Kier molecular flexibility index (Phi) is 3.57. The van der Waals surface area contributed by atoms with Gasteiger partial charge in [0.2, 0.25) is 0 Å². The fourth-order valence-corrected chi connectivity index (χ4v) is 1.79. The standard InChI is InChI=1S/C10H18O2/c1-2-3-4-5-8-6-9(8)7-10(11)12/h8-9H,2-7H2,1H3,(H,11,12)/t8-,9?/m1/s1. The van der Waals surface area contributed by atoms with E-state index in [0.29, 0.717) is 12.3 Å². The molecule has 1 rings (SSSR count). The van der Waals surface area contributed by atoms with Crippen molar-refractivity contribution in [2.24, 2.45) is 11.8 Å². The van der Waals surface area contributed by atoms with Crippen LogP contribution in [-0.2, 0) is 4.79 Å². The average Bonchev–Trinajstić information content (AvgIpc) is 2.67. The molecular weight excluding hydrogens is 152 g/mol. The molecule has 0 aromatic heterocycles. The molecule has 0 aromatic rings. The summed E-state index contributed by atoms with van der Waals surface area (Å²) in [5, 5.41) is 8.51. The van der Waals surface area contributed by atoms with Gasteiger partial charge in [0.05, 0.1) is 0 Å². The maximum absolute atomic E-state index is 10.3. The Balaban J connectivity index is 1.97. The summed E-state index contributed by atoms with van der Waals surface area (Å²) in [5.41, 5.74) is 0. The lowest BCUT2D eigenvalue weighted by Crippen LogP contribution is -1.96. The highest BCUT2D eigenvalue weighted by Crippen LogP contribution is 2.44. The Labute approximate surface area is 74.0 Å². The van der Waals surface area contributed by atoms with Crippen molar-refractivity contribution < 1.29 is 9.90 Å². The van der Waals surface area contributed by atoms with E-state index < -0.39 is 5.97 Å². The van der Waals surface area contributed by atoms with Gasteiger partial charge in [0.25, 0.3) is 0 Å². The van der Waals surface area contributed by atoms with Crippen LogP contribution in [0.5, 0.6) is 0 Å². The molecule has 0 aliphatic heterocycles. The zero-order chi connectivity index (χ0) is 8.97. The van der Waals surface area contributed by atoms with Crippen molar-refractivity contribution in [1.29, 1.82) is 0 Å². The molecule has 2 heteroatoms. The molecule has 0 heterocycles. The number of carbonyl (C=O) groups is 1. The van der Waals surface area contributed by atoms with E-state index in [4.69, 9.17) is 5.11 Å². The molecule has 1 saturated carbocycles. The lowest BCUT2D eigenvalue weighted by atomic mass is 10.1. The summed E-state index contributed by atoms with van der Waals surface area (Å²) in [7, 11) is 0. The van der Waals surface area contributed by atoms with Gasteiger partial charge in [-0.15, -0.1) is 0 Å². The Bertz CT molecular complexity index is 154. The van der Waals surface area contributed by atoms with Crippen LogP contribution in [-0.4, -0.2) is 11.1 Å². The molecule has 0 bridgehead atoms. The zero-order valence-corrected chi connectivity index (χ0v) is 7.75. The van der Waals surface area contributed by atoms with Gasteiger partial charge in [-0.2, -0.15) is 0 Å². The third-order valence-corrected chi connectivity index (χ3v) is 2.68. The van der Waals surface area contributed by atoms with Gasteiger partial charge in [0.15, 0.2) is 0 Å². The van der Waals surface area contributed by atoms with Gasteiger partial charge in [-0.25, -0.2) is 0 Å². The summed E-state index contributed by atoms with van der Waals surface area (Å²) in [6.07, 6.45) is 6.67. The minimum Gasteiger partial charge on any atom is -0.481 e. The van der Waals surface area contributed by atoms with Crippen molar-refractivity contribution in [3.8, 4) is 0 Å². The topological polar surface area (TPSA) is 37.3 Å². The predicted molar refractivity (Wildman–Crippen MR) is 48.0 cm³/mol. The molecule has 1 N–H and O–H groups in total. The smallest absolute Gasteiger partial charge is 0.303 e. The van der Waals surface area contributed by atoms with Gasteiger partial charge in [0.1, 0.15) is 0 Å². The fraction of sp³-hybridized carbons (Fsp3) is 0.900. The molecule has 0 radical (unpaired) electrons. The summed E-state index contributed by atoms with van der Waals surface area (Å²) in [5.74, 6) is 0.630. The summed E-state index contributed by atoms with van der Waals surface area (Å²) in [6.45, 7) is 2.20. The van der Waals surface area contributed by atoms with Crippen molar-refractivity contribution in [1.82, 2.24) is 0 Å². The van der Waals surface area contributed by atoms with Crippen LogP contribution in [0.25, 0.3) is 0 Å². The molecule has 12 heavy (non-hydrogen) atoms. The number of aliphatic carboxylic acids is 1. The van der Waals surface area contributed by atoms with Crippen molar-refractivity contribution in [3.05, 3.63) is 0 Å². The van der Waals surface area contributed by atoms with Crippen LogP contribution in [0.1, 0.15) is 45.4 Å². The van der Waals surface area contributed by atoms with E-state index in [2.05, 4.69) is 6.92 Å². The minimum atomic E-state index is -0.627. The number of carboxylic acids is 1. The average molecular weight is 170 g/mol. The molecule has 0 amide bonds. The van der Waals surface area contributed by atoms with Crippen LogP contribution in [0.15, 0.2) is 0 Å². The van der Waals surface area contributed by atoms with E-state index in [9.17, 15) is 4.79 Å². The summed E-state index contributed by atoms with van der Waals surface area (Å²) < 4.78 is 0. The van der Waals surface area contributed by atoms with Gasteiger partial charge in [0, 0.05) is 6.42 Å². The second-order valence-electron chi connectivity index (χ2n) is 3.85. The maximum Gasteiger partial charge on any atom is 0.303 e. The fourth-order valence-electron chi connectivity index (χ4n) is 1.79. The molecule has 0 saturated heterocycles. The zero-order valence-electron chi connectivity index (χ0n) is 7.75. The van der Waals surface area contributed by atoms with Crippen LogP contribution >= 0.6 is 0 Å². The van der Waals surface area contributed by atoms with E-state index in [1.165, 1.54) is 25.7 Å². The highest BCUT2D eigenvalue weighted by atomic mass is 16.4. The van der Waals surface area contributed by atoms with E-state index in [0.717, 1.165) is 12.3 Å². The molecule has 2 nitrogen and oxygen atoms in total. The van der Waals surface area contributed by atoms with E-state index in [-0.39, 0.29) is 0 Å². The van der Waals surface area contributed by atoms with Crippen molar-refractivity contribution in [2.75, 3.05) is 0 Å². The molecule has 70 valence electrons. The monoisotopic (exact) mass is 170 g/mol. The van der Waals surface area contributed by atoms with Crippen LogP contribution in [0, 0.1) is 11.8 Å². The largest absolute Gasteiger partial charge is 0.481 e. The Morgan fingerprint density at radius 3 is 2.75 bits per heavy atom. The first-order chi connectivity index (χ1) is 5.74. The van der Waals surface area contributed by atoms with Gasteiger partial charge >= 0.3 is 5.97 Å². The van der Waals surface area contributed by atoms with Crippen molar-refractivity contribution in [2.45, 2.75) is 45.4 Å². The maximum atomic E-state index is 10.3. The third-order valence-electron chi connectivity index (χ3n) is 2.68. The van der Waals surface area contributed by atoms with Crippen LogP contribution in [0.4, 0.5) is 0 Å². The number of rotatable bonds is 6. The Hall–Kier alpha value is -0.530. The first-order valence-corrected chi connectivity index (χ1v) is 4.95. The van der Waals surface area contributed by atoms with Crippen LogP contribution in [0.3, 0.4) is 0 Å². The summed E-state index contributed by atoms with van der Waals surface area (Å²) in [4.78, 5) is 10.3. The number of carboxylic acid groups (broad SMARTS) is 1. The minimum absolute atomic E-state index is 0.400. The summed E-state index contributed by atoms with van der Waals surface area (Å²) in [6, 6.07) is 0. The molecule has 1 aliphatic carbocycles. The molecule has 1 unspecified atom stereocenters. The molecule has 1 fully saturated rings. The first-order valence-electron chi connectivity index (χ1n) is 4.95. The van der Waals surface area contributed by atoms with Crippen LogP contribution < -0.4 is 0 Å². The second kappa shape index (κ2) is 4.48. The number of hydrogen-bond donors (Lipinski definition) is 1. The number of hydrogen-bond acceptors (Lipinski definition) is 1. The molecular formula is C10H18O2. The highest BCUT2D eigenvalue weighted by Gasteiger charge is 2.37. The second-order valence-corrected chi connectivity index (χ2v) is 3.85. The Morgan fingerprint density at radius 1 is 1.42 bits per heavy atom. The van der Waals surface area contributed by atoms with Crippen molar-refractivity contribution in [3.63, 3.8) is 0 Å². The first kappa shape index (κ1) is 9.56. The van der Waals surface area contributed by atoms with Crippen LogP contribution in [0.2, 0.25) is 0 Å². The van der Waals surface area contributed by atoms with Crippen molar-refractivity contribution >= 4 is 5.97 Å². The highest BCUT2D eigenvalue weighted by molar-refractivity contribution is 5.67. The van der Waals surface area contributed by atoms with E-state index >= 15 is 0 Å². The molecule has 0 spiro atoms. The van der Waals surface area contributed by atoms with E-state index in [1.807, 2.05) is 0 Å². The lowest BCUT2D eigenvalue weighted by molar-refractivity contribution is -0.137. The summed E-state index contributed by atoms with van der Waals surface area (Å²) >= 11 is 0. The third kappa shape index (κ3) is 3.24. The molecule has 1 aliphatic rings. The molecule has 2 atom stereocenters. The van der Waals surface area contributed by atoms with Gasteiger partial charge in [-0.3, -0.25) is 4.79 Å². The lowest BCUT2D eigenvalue weighted by Gasteiger charge is -1.96. The van der Waals surface area contributed by atoms with Gasteiger partial charge in [-0.1, -0.05) is 32.6 Å². The van der Waals surface area contributed by atoms with Gasteiger partial charge < -0.3 is 5.11 Å². The molecule has 0 aromatic carbocycles. The number of unbranched alkanes of at least 4 members (excludes halogenated alkanes) is 2. The van der Waals surface area contributed by atoms with E-state index in [1.54, 1.807) is 0 Å². The SMILES string of the molecule is CCCCC[C@@H]1CC1CC(=O)O. The normalized spacial score (nSPS) is 27.1. The van der Waals surface area contributed by atoms with Gasteiger partial charge in [-0.05, 0) is 18.3 Å². The predicted octanol–water partition coefficient (Wildman–Crippen LogP) is 2.68. The quantitative estimate of drug-likeness (QED) is 0.622. The Morgan fingerprint density at radius 2 is 2.17 bits per heavy atom.